The van der Waals surface area contributed by atoms with Crippen molar-refractivity contribution in [2.75, 3.05) is 0 Å². The fourth-order valence-corrected chi connectivity index (χ4v) is 4.07. The van der Waals surface area contributed by atoms with Crippen LogP contribution in [0.3, 0.4) is 0 Å². The summed E-state index contributed by atoms with van der Waals surface area (Å²) in [5.74, 6) is 0.903. The standard InChI is InChI=1S/C18H25N5OS/c1-3-23-16(14-9-11-19-12-10-14)21-22-18(23)25-13(2)17(24)20-15-7-5-4-6-8-15/h9-13,15H,3-8H2,1-2H3,(H,20,24)/t13-/m1/s1. The van der Waals surface area contributed by atoms with E-state index in [1.165, 1.54) is 31.0 Å². The Kier molecular flexibility index (Phi) is 6.07. The fraction of sp³-hybridized carbons (Fsp3) is 0.556. The van der Waals surface area contributed by atoms with E-state index in [9.17, 15) is 4.79 Å². The van der Waals surface area contributed by atoms with Gasteiger partial charge < -0.3 is 9.88 Å². The van der Waals surface area contributed by atoms with Gasteiger partial charge in [0.2, 0.25) is 5.91 Å². The molecule has 2 aromatic rings. The average Bonchev–Trinajstić information content (AvgIpc) is 3.05. The first-order valence-electron chi connectivity index (χ1n) is 8.99. The van der Waals surface area contributed by atoms with E-state index < -0.39 is 0 Å². The van der Waals surface area contributed by atoms with E-state index >= 15 is 0 Å². The van der Waals surface area contributed by atoms with E-state index in [-0.39, 0.29) is 11.2 Å². The number of hydrogen-bond donors (Lipinski definition) is 1. The maximum absolute atomic E-state index is 12.5. The Labute approximate surface area is 152 Å². The molecule has 3 rings (SSSR count). The lowest BCUT2D eigenvalue weighted by atomic mass is 9.95. The Balaban J connectivity index is 1.67. The summed E-state index contributed by atoms with van der Waals surface area (Å²) >= 11 is 1.47. The SMILES string of the molecule is CCn1c(S[C@H](C)C(=O)NC2CCCCC2)nnc1-c1ccncc1. The van der Waals surface area contributed by atoms with E-state index in [4.69, 9.17) is 0 Å². The van der Waals surface area contributed by atoms with Crippen LogP contribution in [-0.2, 0) is 11.3 Å². The first-order valence-corrected chi connectivity index (χ1v) is 9.87. The molecule has 134 valence electrons. The molecule has 0 unspecified atom stereocenters. The molecule has 7 heteroatoms. The number of thioether (sulfide) groups is 1. The second kappa shape index (κ2) is 8.47. The van der Waals surface area contributed by atoms with Crippen molar-refractivity contribution in [1.29, 1.82) is 0 Å². The molecule has 0 saturated heterocycles. The van der Waals surface area contributed by atoms with Crippen molar-refractivity contribution in [3.05, 3.63) is 24.5 Å². The van der Waals surface area contributed by atoms with Crippen LogP contribution < -0.4 is 5.32 Å². The van der Waals surface area contributed by atoms with Gasteiger partial charge in [-0.3, -0.25) is 9.78 Å². The fourth-order valence-electron chi connectivity index (χ4n) is 3.15. The van der Waals surface area contributed by atoms with Gasteiger partial charge in [-0.25, -0.2) is 0 Å². The van der Waals surface area contributed by atoms with Crippen molar-refractivity contribution in [3.8, 4) is 11.4 Å². The summed E-state index contributed by atoms with van der Waals surface area (Å²) in [5, 5.41) is 12.4. The van der Waals surface area contributed by atoms with Gasteiger partial charge in [-0.1, -0.05) is 31.0 Å². The highest BCUT2D eigenvalue weighted by Crippen LogP contribution is 2.27. The third kappa shape index (κ3) is 4.39. The third-order valence-electron chi connectivity index (χ3n) is 4.57. The number of nitrogens with one attached hydrogen (secondary N) is 1. The molecule has 0 aliphatic heterocycles. The number of amides is 1. The molecule has 1 aliphatic rings. The van der Waals surface area contributed by atoms with E-state index in [0.717, 1.165) is 35.9 Å². The number of rotatable bonds is 6. The van der Waals surface area contributed by atoms with Crippen molar-refractivity contribution in [2.45, 2.75) is 68.9 Å². The minimum Gasteiger partial charge on any atom is -0.352 e. The second-order valence-electron chi connectivity index (χ2n) is 6.39. The van der Waals surface area contributed by atoms with Crippen molar-refractivity contribution in [3.63, 3.8) is 0 Å². The maximum Gasteiger partial charge on any atom is 0.233 e. The van der Waals surface area contributed by atoms with Crippen LogP contribution in [-0.4, -0.2) is 36.9 Å². The molecule has 0 aromatic carbocycles. The molecule has 0 radical (unpaired) electrons. The molecule has 0 bridgehead atoms. The minimum atomic E-state index is -0.193. The number of aromatic nitrogens is 4. The molecule has 2 heterocycles. The highest BCUT2D eigenvalue weighted by atomic mass is 32.2. The van der Waals surface area contributed by atoms with Gasteiger partial charge in [0.15, 0.2) is 11.0 Å². The van der Waals surface area contributed by atoms with E-state index in [0.29, 0.717) is 6.04 Å². The van der Waals surface area contributed by atoms with Crippen molar-refractivity contribution in [1.82, 2.24) is 25.1 Å². The Bertz CT molecular complexity index is 697. The Hall–Kier alpha value is -1.89. The van der Waals surface area contributed by atoms with Gasteiger partial charge >= 0.3 is 0 Å². The first-order chi connectivity index (χ1) is 12.2. The van der Waals surface area contributed by atoms with Gasteiger partial charge in [0.05, 0.1) is 5.25 Å². The van der Waals surface area contributed by atoms with Gasteiger partial charge in [-0.05, 0) is 38.8 Å². The molecular weight excluding hydrogens is 334 g/mol. The van der Waals surface area contributed by atoms with Crippen molar-refractivity contribution >= 4 is 17.7 Å². The third-order valence-corrected chi connectivity index (χ3v) is 5.66. The number of carbonyl (C=O) groups is 1. The number of nitrogens with zero attached hydrogens (tertiary/aromatic N) is 4. The summed E-state index contributed by atoms with van der Waals surface area (Å²) < 4.78 is 2.05. The van der Waals surface area contributed by atoms with Gasteiger partial charge in [0, 0.05) is 30.5 Å². The molecule has 1 aliphatic carbocycles. The predicted octanol–water partition coefficient (Wildman–Crippen LogP) is 3.29. The van der Waals surface area contributed by atoms with Crippen LogP contribution in [0.4, 0.5) is 0 Å². The molecule has 0 spiro atoms. The minimum absolute atomic E-state index is 0.0908. The van der Waals surface area contributed by atoms with Crippen LogP contribution in [0.25, 0.3) is 11.4 Å². The van der Waals surface area contributed by atoms with Crippen LogP contribution in [0, 0.1) is 0 Å². The van der Waals surface area contributed by atoms with Crippen LogP contribution in [0.5, 0.6) is 0 Å². The van der Waals surface area contributed by atoms with E-state index in [1.807, 2.05) is 23.6 Å². The van der Waals surface area contributed by atoms with Gasteiger partial charge in [-0.2, -0.15) is 0 Å². The number of carbonyl (C=O) groups excluding carboxylic acids is 1. The average molecular weight is 359 g/mol. The van der Waals surface area contributed by atoms with E-state index in [2.05, 4.69) is 27.4 Å². The monoisotopic (exact) mass is 359 g/mol. The van der Waals surface area contributed by atoms with Gasteiger partial charge in [0.25, 0.3) is 0 Å². The van der Waals surface area contributed by atoms with Crippen LogP contribution in [0.1, 0.15) is 46.0 Å². The summed E-state index contributed by atoms with van der Waals surface area (Å²) in [6, 6.07) is 4.17. The molecule has 6 nitrogen and oxygen atoms in total. The zero-order chi connectivity index (χ0) is 17.6. The molecule has 1 fully saturated rings. The Morgan fingerprint density at radius 1 is 1.28 bits per heavy atom. The summed E-state index contributed by atoms with van der Waals surface area (Å²) in [4.78, 5) is 16.5. The zero-order valence-corrected chi connectivity index (χ0v) is 15.6. The highest BCUT2D eigenvalue weighted by Gasteiger charge is 2.23. The molecular formula is C18H25N5OS. The quantitative estimate of drug-likeness (QED) is 0.801. The molecule has 1 atom stereocenters. The molecule has 1 amide bonds. The van der Waals surface area contributed by atoms with Crippen LogP contribution in [0.15, 0.2) is 29.7 Å². The van der Waals surface area contributed by atoms with Gasteiger partial charge in [0.1, 0.15) is 0 Å². The second-order valence-corrected chi connectivity index (χ2v) is 7.70. The Morgan fingerprint density at radius 2 is 2.00 bits per heavy atom. The van der Waals surface area contributed by atoms with Crippen molar-refractivity contribution in [2.24, 2.45) is 0 Å². The maximum atomic E-state index is 12.5. The van der Waals surface area contributed by atoms with Crippen LogP contribution >= 0.6 is 11.8 Å². The summed E-state index contributed by atoms with van der Waals surface area (Å²) in [7, 11) is 0. The zero-order valence-electron chi connectivity index (χ0n) is 14.8. The summed E-state index contributed by atoms with van der Waals surface area (Å²) in [6.07, 6.45) is 9.40. The normalized spacial score (nSPS) is 16.6. The Morgan fingerprint density at radius 3 is 2.68 bits per heavy atom. The predicted molar refractivity (Wildman–Crippen MR) is 99.3 cm³/mol. The molecule has 2 aromatic heterocycles. The smallest absolute Gasteiger partial charge is 0.233 e. The highest BCUT2D eigenvalue weighted by molar-refractivity contribution is 8.00. The molecule has 25 heavy (non-hydrogen) atoms. The van der Waals surface area contributed by atoms with Crippen molar-refractivity contribution < 1.29 is 4.79 Å². The summed E-state index contributed by atoms with van der Waals surface area (Å²) in [5.41, 5.74) is 0.982. The number of hydrogen-bond acceptors (Lipinski definition) is 5. The lowest BCUT2D eigenvalue weighted by Gasteiger charge is -2.24. The number of pyridine rings is 1. The lowest BCUT2D eigenvalue weighted by Crippen LogP contribution is -2.40. The van der Waals surface area contributed by atoms with Crippen LogP contribution in [0.2, 0.25) is 0 Å². The van der Waals surface area contributed by atoms with E-state index in [1.54, 1.807) is 12.4 Å². The summed E-state index contributed by atoms with van der Waals surface area (Å²) in [6.45, 7) is 4.75. The topological polar surface area (TPSA) is 72.7 Å². The van der Waals surface area contributed by atoms with Gasteiger partial charge in [-0.15, -0.1) is 10.2 Å². The molecule has 1 N–H and O–H groups in total. The lowest BCUT2D eigenvalue weighted by molar-refractivity contribution is -0.121. The first kappa shape index (κ1) is 17.9. The largest absolute Gasteiger partial charge is 0.352 e. The molecule has 1 saturated carbocycles.